The number of anilines is 1. The summed E-state index contributed by atoms with van der Waals surface area (Å²) in [7, 11) is 3.68. The van der Waals surface area contributed by atoms with Gasteiger partial charge < -0.3 is 31.1 Å². The second kappa shape index (κ2) is 8.98. The Bertz CT molecular complexity index is 1440. The minimum absolute atomic E-state index is 0.0952. The van der Waals surface area contributed by atoms with E-state index in [1.807, 2.05) is 43.3 Å². The molecule has 3 atom stereocenters. The summed E-state index contributed by atoms with van der Waals surface area (Å²) in [6.07, 6.45) is 2.64. The number of ketones is 2. The zero-order valence-corrected chi connectivity index (χ0v) is 21.1. The molecule has 0 bridgehead atoms. The zero-order chi connectivity index (χ0) is 27.5. The lowest BCUT2D eigenvalue weighted by Crippen LogP contribution is -2.58. The van der Waals surface area contributed by atoms with E-state index in [4.69, 9.17) is 5.73 Å². The number of hydrogen-bond acceptors (Lipinski definition) is 9. The number of aromatic hydroxyl groups is 1. The molecule has 1 saturated carbocycles. The van der Waals surface area contributed by atoms with Crippen molar-refractivity contribution in [3.05, 3.63) is 69.8 Å². The Balaban J connectivity index is 1.64. The summed E-state index contributed by atoms with van der Waals surface area (Å²) in [6.45, 7) is 0. The monoisotopic (exact) mass is 519 g/mol. The standard InChI is InChI=1S/C28H29N3O7/c1-31(2)18-11-13(6-7-16-5-3-4-8-30-16)23(33)21-17(18)10-14-9-15-12-19(32)22(27(29)37)26(36)28(15,38)25(35)20(14)24(21)34/h3-5,8,11,14-15,33-34,36,38H,6-7,9-10,12H2,1-2H3,(H2,29,37)/t14-,15+,28+/m1/s1. The van der Waals surface area contributed by atoms with E-state index < -0.39 is 52.0 Å². The third kappa shape index (κ3) is 3.66. The minimum Gasteiger partial charge on any atom is -0.508 e. The third-order valence-electron chi connectivity index (χ3n) is 7.98. The number of fused-ring (bicyclic) bond motifs is 3. The number of aliphatic hydroxyl groups excluding tert-OH is 2. The van der Waals surface area contributed by atoms with Crippen LogP contribution in [0.15, 0.2) is 47.4 Å². The number of carbonyl (C=O) groups is 3. The van der Waals surface area contributed by atoms with Crippen LogP contribution >= 0.6 is 0 Å². The molecule has 0 radical (unpaired) electrons. The molecular formula is C28H29N3O7. The van der Waals surface area contributed by atoms with Gasteiger partial charge in [-0.15, -0.1) is 0 Å². The minimum atomic E-state index is -2.58. The molecule has 3 aliphatic rings. The Morgan fingerprint density at radius 3 is 2.53 bits per heavy atom. The van der Waals surface area contributed by atoms with Crippen LogP contribution in [-0.4, -0.2) is 62.6 Å². The van der Waals surface area contributed by atoms with Crippen LogP contribution < -0.4 is 10.6 Å². The molecule has 0 saturated heterocycles. The number of nitrogens with two attached hydrogens (primary N) is 1. The molecule has 0 aliphatic heterocycles. The van der Waals surface area contributed by atoms with Crippen LogP contribution in [0.25, 0.3) is 5.76 Å². The summed E-state index contributed by atoms with van der Waals surface area (Å²) in [5, 5.41) is 44.9. The summed E-state index contributed by atoms with van der Waals surface area (Å²) in [4.78, 5) is 44.2. The van der Waals surface area contributed by atoms with E-state index in [-0.39, 0.29) is 36.1 Å². The molecule has 2 aromatic rings. The first-order chi connectivity index (χ1) is 18.0. The van der Waals surface area contributed by atoms with Crippen LogP contribution in [0.3, 0.4) is 0 Å². The van der Waals surface area contributed by atoms with Crippen molar-refractivity contribution in [3.8, 4) is 5.75 Å². The number of phenolic OH excluding ortho intramolecular Hbond substituents is 1. The molecule has 1 fully saturated rings. The Morgan fingerprint density at radius 2 is 1.89 bits per heavy atom. The number of nitrogens with zero attached hydrogens (tertiary/aromatic N) is 2. The number of aromatic nitrogens is 1. The van der Waals surface area contributed by atoms with Crippen molar-refractivity contribution < 1.29 is 34.8 Å². The van der Waals surface area contributed by atoms with Gasteiger partial charge in [-0.3, -0.25) is 19.4 Å². The topological polar surface area (TPSA) is 174 Å². The Morgan fingerprint density at radius 1 is 1.16 bits per heavy atom. The van der Waals surface area contributed by atoms with Gasteiger partial charge in [-0.05, 0) is 60.9 Å². The van der Waals surface area contributed by atoms with Gasteiger partial charge in [0.2, 0.25) is 5.78 Å². The van der Waals surface area contributed by atoms with Gasteiger partial charge in [0.25, 0.3) is 5.91 Å². The highest BCUT2D eigenvalue weighted by Gasteiger charge is 2.60. The van der Waals surface area contributed by atoms with Crippen LogP contribution in [0.5, 0.6) is 5.75 Å². The van der Waals surface area contributed by atoms with Gasteiger partial charge in [-0.25, -0.2) is 0 Å². The van der Waals surface area contributed by atoms with Crippen LogP contribution in [0.4, 0.5) is 5.69 Å². The lowest BCUT2D eigenvalue weighted by molar-refractivity contribution is -0.147. The van der Waals surface area contributed by atoms with Gasteiger partial charge >= 0.3 is 0 Å². The number of rotatable bonds is 5. The van der Waals surface area contributed by atoms with E-state index in [9.17, 15) is 34.8 Å². The van der Waals surface area contributed by atoms with Crippen molar-refractivity contribution in [1.29, 1.82) is 0 Å². The molecular weight excluding hydrogens is 490 g/mol. The second-order valence-electron chi connectivity index (χ2n) is 10.4. The number of carbonyl (C=O) groups excluding carboxylic acids is 3. The number of benzene rings is 1. The lowest BCUT2D eigenvalue weighted by Gasteiger charge is -2.46. The lowest BCUT2D eigenvalue weighted by atomic mass is 9.59. The second-order valence-corrected chi connectivity index (χ2v) is 10.4. The summed E-state index contributed by atoms with van der Waals surface area (Å²) in [6, 6.07) is 7.41. The first kappa shape index (κ1) is 25.5. The quantitative estimate of drug-likeness (QED) is 0.368. The Hall–Kier alpha value is -4.18. The zero-order valence-electron chi connectivity index (χ0n) is 21.1. The van der Waals surface area contributed by atoms with Gasteiger partial charge in [-0.1, -0.05) is 6.07 Å². The number of amides is 1. The van der Waals surface area contributed by atoms with Crippen molar-refractivity contribution in [1.82, 2.24) is 4.98 Å². The fraction of sp³-hybridized carbons (Fsp3) is 0.357. The van der Waals surface area contributed by atoms with Gasteiger partial charge in [0.15, 0.2) is 11.4 Å². The van der Waals surface area contributed by atoms with E-state index >= 15 is 0 Å². The normalized spacial score (nSPS) is 24.6. The van der Waals surface area contributed by atoms with Gasteiger partial charge in [0.1, 0.15) is 22.8 Å². The van der Waals surface area contributed by atoms with Crippen molar-refractivity contribution in [3.63, 3.8) is 0 Å². The van der Waals surface area contributed by atoms with Crippen molar-refractivity contribution >= 4 is 28.9 Å². The molecule has 10 nitrogen and oxygen atoms in total. The van der Waals surface area contributed by atoms with Crippen LogP contribution in [0.1, 0.15) is 35.2 Å². The molecule has 198 valence electrons. The predicted octanol–water partition coefficient (Wildman–Crippen LogP) is 1.67. The predicted molar refractivity (Wildman–Crippen MR) is 137 cm³/mol. The highest BCUT2D eigenvalue weighted by atomic mass is 16.3. The van der Waals surface area contributed by atoms with Crippen LogP contribution in [-0.2, 0) is 33.6 Å². The first-order valence-electron chi connectivity index (χ1n) is 12.4. The molecule has 38 heavy (non-hydrogen) atoms. The van der Waals surface area contributed by atoms with Gasteiger partial charge in [-0.2, -0.15) is 0 Å². The molecule has 1 aromatic carbocycles. The smallest absolute Gasteiger partial charge is 0.255 e. The molecule has 6 N–H and O–H groups in total. The average molecular weight is 520 g/mol. The van der Waals surface area contributed by atoms with Crippen molar-refractivity contribution in [2.75, 3.05) is 19.0 Å². The molecule has 0 spiro atoms. The maximum atomic E-state index is 13.7. The number of phenols is 1. The fourth-order valence-electron chi connectivity index (χ4n) is 6.12. The highest BCUT2D eigenvalue weighted by molar-refractivity contribution is 6.22. The number of Topliss-reactive ketones (excluding diaryl/α,β-unsaturated/α-hetero) is 2. The Labute approximate surface area is 218 Å². The SMILES string of the molecule is CN(C)c1cc(CCc2ccccn2)c(O)c2c1C[C@H]1C[C@H]3CC(=O)C(C(N)=O)=C(O)[C@@]3(O)C(=O)C1=C2O. The number of hydrogen-bond donors (Lipinski definition) is 5. The van der Waals surface area contributed by atoms with Crippen LogP contribution in [0.2, 0.25) is 0 Å². The van der Waals surface area contributed by atoms with E-state index in [2.05, 4.69) is 4.98 Å². The molecule has 1 amide bonds. The van der Waals surface area contributed by atoms with Crippen LogP contribution in [0, 0.1) is 11.8 Å². The number of aliphatic hydroxyl groups is 3. The molecule has 3 aliphatic carbocycles. The highest BCUT2D eigenvalue weighted by Crippen LogP contribution is 2.53. The van der Waals surface area contributed by atoms with E-state index in [0.29, 0.717) is 24.0 Å². The van der Waals surface area contributed by atoms with E-state index in [1.54, 1.807) is 6.20 Å². The number of aryl methyl sites for hydroxylation is 2. The van der Waals surface area contributed by atoms with E-state index in [0.717, 1.165) is 11.4 Å². The largest absolute Gasteiger partial charge is 0.508 e. The molecule has 5 rings (SSSR count). The summed E-state index contributed by atoms with van der Waals surface area (Å²) in [5.74, 6) is -6.31. The number of primary amides is 1. The number of pyridine rings is 1. The third-order valence-corrected chi connectivity index (χ3v) is 7.98. The molecule has 1 aromatic heterocycles. The summed E-state index contributed by atoms with van der Waals surface area (Å²) in [5.41, 5.74) is 4.58. The molecule has 1 heterocycles. The molecule has 10 heteroatoms. The summed E-state index contributed by atoms with van der Waals surface area (Å²) < 4.78 is 0. The first-order valence-corrected chi connectivity index (χ1v) is 12.4. The Kier molecular flexibility index (Phi) is 6.02. The van der Waals surface area contributed by atoms with Crippen molar-refractivity contribution in [2.45, 2.75) is 37.7 Å². The van der Waals surface area contributed by atoms with E-state index in [1.165, 1.54) is 0 Å². The van der Waals surface area contributed by atoms with Gasteiger partial charge in [0, 0.05) is 49.6 Å². The maximum Gasteiger partial charge on any atom is 0.255 e. The fourth-order valence-corrected chi connectivity index (χ4v) is 6.12. The maximum absolute atomic E-state index is 13.7. The van der Waals surface area contributed by atoms with Gasteiger partial charge in [0.05, 0.1) is 5.56 Å². The van der Waals surface area contributed by atoms with Crippen molar-refractivity contribution in [2.24, 2.45) is 17.6 Å². The average Bonchev–Trinajstić information content (AvgIpc) is 2.86. The molecule has 0 unspecified atom stereocenters. The summed E-state index contributed by atoms with van der Waals surface area (Å²) >= 11 is 0.